The SMILES string of the molecule is CC1(C)OB(c2scnc2-c2cccc(C(F)(F)F)c2)OC1(C)C. The van der Waals surface area contributed by atoms with Crippen LogP contribution in [0.15, 0.2) is 29.8 Å². The fourth-order valence-electron chi connectivity index (χ4n) is 2.43. The molecule has 128 valence electrons. The zero-order valence-corrected chi connectivity index (χ0v) is 14.6. The van der Waals surface area contributed by atoms with Gasteiger partial charge in [0, 0.05) is 5.56 Å². The Labute approximate surface area is 143 Å². The minimum atomic E-state index is -4.39. The molecule has 8 heteroatoms. The normalized spacial score (nSPS) is 19.7. The lowest BCUT2D eigenvalue weighted by Gasteiger charge is -2.32. The first-order valence-corrected chi connectivity index (χ1v) is 8.36. The molecule has 0 unspecified atom stereocenters. The monoisotopic (exact) mass is 355 g/mol. The van der Waals surface area contributed by atoms with Crippen LogP contribution in [0.5, 0.6) is 0 Å². The van der Waals surface area contributed by atoms with Gasteiger partial charge in [-0.15, -0.1) is 11.3 Å². The molecule has 2 heterocycles. The van der Waals surface area contributed by atoms with Crippen LogP contribution >= 0.6 is 11.3 Å². The molecule has 0 aliphatic carbocycles. The quantitative estimate of drug-likeness (QED) is 0.760. The second-order valence-electron chi connectivity index (χ2n) is 6.73. The molecule has 1 aromatic heterocycles. The molecule has 1 aliphatic heterocycles. The number of halogens is 3. The fraction of sp³-hybridized carbons (Fsp3) is 0.438. The topological polar surface area (TPSA) is 31.4 Å². The third kappa shape index (κ3) is 2.98. The lowest BCUT2D eigenvalue weighted by molar-refractivity contribution is -0.137. The van der Waals surface area contributed by atoms with E-state index < -0.39 is 30.1 Å². The number of benzene rings is 1. The summed E-state index contributed by atoms with van der Waals surface area (Å²) in [6.07, 6.45) is -4.39. The zero-order valence-electron chi connectivity index (χ0n) is 13.8. The summed E-state index contributed by atoms with van der Waals surface area (Å²) in [5.74, 6) is 0. The molecule has 0 amide bonds. The molecule has 0 saturated carbocycles. The van der Waals surface area contributed by atoms with Gasteiger partial charge in [-0.1, -0.05) is 12.1 Å². The maximum atomic E-state index is 12.9. The number of nitrogens with zero attached hydrogens (tertiary/aromatic N) is 1. The first-order chi connectivity index (χ1) is 11.0. The Morgan fingerprint density at radius 2 is 1.71 bits per heavy atom. The Morgan fingerprint density at radius 3 is 2.29 bits per heavy atom. The van der Waals surface area contributed by atoms with Gasteiger partial charge in [0.1, 0.15) is 0 Å². The first-order valence-electron chi connectivity index (χ1n) is 7.48. The Morgan fingerprint density at radius 1 is 1.08 bits per heavy atom. The Balaban J connectivity index is 1.98. The van der Waals surface area contributed by atoms with E-state index in [0.717, 1.165) is 12.1 Å². The van der Waals surface area contributed by atoms with E-state index in [9.17, 15) is 13.2 Å². The summed E-state index contributed by atoms with van der Waals surface area (Å²) in [6, 6.07) is 5.14. The van der Waals surface area contributed by atoms with Crippen LogP contribution in [0.25, 0.3) is 11.3 Å². The number of aromatic nitrogens is 1. The lowest BCUT2D eigenvalue weighted by atomic mass is 9.84. The van der Waals surface area contributed by atoms with Gasteiger partial charge >= 0.3 is 13.3 Å². The van der Waals surface area contributed by atoms with Crippen LogP contribution in [0.1, 0.15) is 33.3 Å². The van der Waals surface area contributed by atoms with E-state index in [0.29, 0.717) is 16.0 Å². The van der Waals surface area contributed by atoms with Crippen LogP contribution in [-0.2, 0) is 15.5 Å². The van der Waals surface area contributed by atoms with Crippen molar-refractivity contribution < 1.29 is 22.5 Å². The van der Waals surface area contributed by atoms with Crippen molar-refractivity contribution in [2.75, 3.05) is 0 Å². The summed E-state index contributed by atoms with van der Waals surface area (Å²) in [4.78, 5) is 4.24. The van der Waals surface area contributed by atoms with Gasteiger partial charge in [-0.25, -0.2) is 4.98 Å². The smallest absolute Gasteiger partial charge is 0.399 e. The number of alkyl halides is 3. The van der Waals surface area contributed by atoms with Crippen molar-refractivity contribution >= 4 is 23.2 Å². The minimum Gasteiger partial charge on any atom is -0.399 e. The predicted molar refractivity (Wildman–Crippen MR) is 88.3 cm³/mol. The van der Waals surface area contributed by atoms with Gasteiger partial charge in [0.05, 0.1) is 32.7 Å². The van der Waals surface area contributed by atoms with E-state index >= 15 is 0 Å². The molecule has 2 aromatic rings. The van der Waals surface area contributed by atoms with Gasteiger partial charge in [-0.3, -0.25) is 0 Å². The van der Waals surface area contributed by atoms with Crippen molar-refractivity contribution in [1.82, 2.24) is 4.98 Å². The number of hydrogen-bond acceptors (Lipinski definition) is 4. The standard InChI is InChI=1S/C16H17BF3NO2S/c1-14(2)15(3,4)23-17(22-14)13-12(21-9-24-13)10-6-5-7-11(8-10)16(18,19)20/h5-9H,1-4H3. The van der Waals surface area contributed by atoms with Crippen LogP contribution in [0, 0.1) is 0 Å². The summed E-state index contributed by atoms with van der Waals surface area (Å²) < 4.78 is 51.5. The highest BCUT2D eigenvalue weighted by Crippen LogP contribution is 2.38. The molecule has 24 heavy (non-hydrogen) atoms. The Kier molecular flexibility index (Phi) is 4.05. The summed E-state index contributed by atoms with van der Waals surface area (Å²) >= 11 is 1.31. The highest BCUT2D eigenvalue weighted by molar-refractivity contribution is 7.21. The summed E-state index contributed by atoms with van der Waals surface area (Å²) in [5.41, 5.74) is 0.711. The van der Waals surface area contributed by atoms with Crippen LogP contribution in [-0.4, -0.2) is 23.3 Å². The van der Waals surface area contributed by atoms with Crippen molar-refractivity contribution in [3.8, 4) is 11.3 Å². The molecule has 1 aliphatic rings. The molecule has 3 nitrogen and oxygen atoms in total. The van der Waals surface area contributed by atoms with Crippen LogP contribution in [0.4, 0.5) is 13.2 Å². The molecule has 0 bridgehead atoms. The van der Waals surface area contributed by atoms with Gasteiger partial charge < -0.3 is 9.31 Å². The molecule has 0 atom stereocenters. The van der Waals surface area contributed by atoms with E-state index in [2.05, 4.69) is 4.98 Å². The molecule has 1 fully saturated rings. The predicted octanol–water partition coefficient (Wildman–Crippen LogP) is 4.13. The number of thiazole rings is 1. The highest BCUT2D eigenvalue weighted by Gasteiger charge is 2.53. The minimum absolute atomic E-state index is 0.399. The van der Waals surface area contributed by atoms with Crippen molar-refractivity contribution in [3.63, 3.8) is 0 Å². The van der Waals surface area contributed by atoms with Crippen LogP contribution < -0.4 is 4.78 Å². The van der Waals surface area contributed by atoms with Crippen molar-refractivity contribution in [2.24, 2.45) is 0 Å². The maximum Gasteiger partial charge on any atom is 0.507 e. The molecule has 3 rings (SSSR count). The average molecular weight is 355 g/mol. The molecule has 0 spiro atoms. The van der Waals surface area contributed by atoms with Gasteiger partial charge in [-0.2, -0.15) is 13.2 Å². The van der Waals surface area contributed by atoms with E-state index in [4.69, 9.17) is 9.31 Å². The van der Waals surface area contributed by atoms with Crippen molar-refractivity contribution in [3.05, 3.63) is 35.3 Å². The second kappa shape index (κ2) is 5.57. The fourth-order valence-corrected chi connectivity index (χ4v) is 3.19. The Hall–Kier alpha value is -1.38. The Bertz CT molecular complexity index is 742. The molecule has 0 N–H and O–H groups in total. The molecule has 1 saturated heterocycles. The largest absolute Gasteiger partial charge is 0.507 e. The first kappa shape index (κ1) is 17.4. The van der Waals surface area contributed by atoms with E-state index in [1.807, 2.05) is 27.7 Å². The summed E-state index contributed by atoms with van der Waals surface area (Å²) in [7, 11) is -0.646. The summed E-state index contributed by atoms with van der Waals surface area (Å²) in [5, 5.41) is 0. The zero-order chi connectivity index (χ0) is 17.8. The molecular weight excluding hydrogens is 338 g/mol. The van der Waals surface area contributed by atoms with E-state index in [-0.39, 0.29) is 0 Å². The van der Waals surface area contributed by atoms with Gasteiger partial charge in [0.15, 0.2) is 0 Å². The molecule has 1 aromatic carbocycles. The lowest BCUT2D eigenvalue weighted by Crippen LogP contribution is -2.41. The van der Waals surface area contributed by atoms with Crippen LogP contribution in [0.2, 0.25) is 0 Å². The summed E-state index contributed by atoms with van der Waals surface area (Å²) in [6.45, 7) is 7.71. The molecular formula is C16H17BF3NO2S. The van der Waals surface area contributed by atoms with Gasteiger partial charge in [0.25, 0.3) is 0 Å². The van der Waals surface area contributed by atoms with Gasteiger partial charge in [0.2, 0.25) is 0 Å². The second-order valence-corrected chi connectivity index (χ2v) is 7.62. The van der Waals surface area contributed by atoms with Crippen molar-refractivity contribution in [1.29, 1.82) is 0 Å². The third-order valence-corrected chi connectivity index (χ3v) is 5.38. The van der Waals surface area contributed by atoms with Crippen molar-refractivity contribution in [2.45, 2.75) is 45.1 Å². The van der Waals surface area contributed by atoms with Crippen LogP contribution in [0.3, 0.4) is 0 Å². The maximum absolute atomic E-state index is 12.9. The van der Waals surface area contributed by atoms with E-state index in [1.54, 1.807) is 11.6 Å². The molecule has 0 radical (unpaired) electrons. The average Bonchev–Trinajstić information content (AvgIpc) is 3.01. The third-order valence-electron chi connectivity index (χ3n) is 4.53. The number of rotatable bonds is 2. The van der Waals surface area contributed by atoms with E-state index in [1.165, 1.54) is 17.4 Å². The van der Waals surface area contributed by atoms with Gasteiger partial charge in [-0.05, 0) is 39.8 Å². The number of hydrogen-bond donors (Lipinski definition) is 0. The highest BCUT2D eigenvalue weighted by atomic mass is 32.1.